The topological polar surface area (TPSA) is 217 Å². The summed E-state index contributed by atoms with van der Waals surface area (Å²) >= 11 is 0. The standard InChI is InChI=1S/4C3H2O3.Zr/c4*4-2-1-3(5)6;/h4*1H,(H,5,6);. The third kappa shape index (κ3) is 96.6. The Hall–Kier alpha value is -3.44. The van der Waals surface area contributed by atoms with Crippen LogP contribution in [0, 0.1) is 0 Å². The van der Waals surface area contributed by atoms with Crippen LogP contribution in [0.1, 0.15) is 0 Å². The van der Waals surface area contributed by atoms with Gasteiger partial charge in [-0.05, 0) is 0 Å². The minimum atomic E-state index is -1.26. The van der Waals surface area contributed by atoms with E-state index in [9.17, 15) is 19.2 Å². The van der Waals surface area contributed by atoms with Crippen LogP contribution in [-0.2, 0) is 64.6 Å². The van der Waals surface area contributed by atoms with E-state index in [2.05, 4.69) is 0 Å². The number of carboxylic acids is 4. The molecular weight excluding hydrogens is 427 g/mol. The molecular formula is C12H8O12Zr. The van der Waals surface area contributed by atoms with Crippen molar-refractivity contribution in [3.63, 3.8) is 0 Å². The third-order valence-electron chi connectivity index (χ3n) is 0.730. The summed E-state index contributed by atoms with van der Waals surface area (Å²) in [7, 11) is 0. The van der Waals surface area contributed by atoms with Crippen molar-refractivity contribution in [3.8, 4) is 0 Å². The van der Waals surface area contributed by atoms with Gasteiger partial charge in [-0.1, -0.05) is 0 Å². The Morgan fingerprint density at radius 2 is 0.600 bits per heavy atom. The molecule has 0 fully saturated rings. The van der Waals surface area contributed by atoms with Crippen molar-refractivity contribution < 1.29 is 85.0 Å². The summed E-state index contributed by atoms with van der Waals surface area (Å²) < 4.78 is 0. The molecule has 0 aromatic carbocycles. The predicted octanol–water partition coefficient (Wildman–Crippen LogP) is -2.17. The first-order chi connectivity index (χ1) is 11.1. The molecule has 4 N–H and O–H groups in total. The molecule has 0 saturated carbocycles. The van der Waals surface area contributed by atoms with Crippen LogP contribution >= 0.6 is 0 Å². The number of hydrogen-bond acceptors (Lipinski definition) is 8. The van der Waals surface area contributed by atoms with Gasteiger partial charge < -0.3 is 20.4 Å². The number of aliphatic carboxylic acids is 4. The number of carbonyl (C=O) groups is 4. The van der Waals surface area contributed by atoms with E-state index < -0.39 is 23.9 Å². The van der Waals surface area contributed by atoms with Gasteiger partial charge in [0, 0.05) is 26.2 Å². The molecule has 0 spiro atoms. The van der Waals surface area contributed by atoms with Gasteiger partial charge in [0.05, 0.1) is 0 Å². The largest absolute Gasteiger partial charge is 0.478 e. The number of hydrogen-bond donors (Lipinski definition) is 4. The Morgan fingerprint density at radius 3 is 0.600 bits per heavy atom. The fourth-order valence-corrected chi connectivity index (χ4v) is 0.202. The molecule has 13 heteroatoms. The summed E-state index contributed by atoms with van der Waals surface area (Å²) in [5, 5.41) is 30.4. The summed E-state index contributed by atoms with van der Waals surface area (Å²) in [5.74, 6) is -0.667. The maximum atomic E-state index is 9.28. The van der Waals surface area contributed by atoms with Crippen molar-refractivity contribution in [2.45, 2.75) is 0 Å². The van der Waals surface area contributed by atoms with Gasteiger partial charge in [-0.15, -0.1) is 0 Å². The molecule has 0 radical (unpaired) electrons. The molecule has 0 rings (SSSR count). The maximum Gasteiger partial charge on any atom is 0.339 e. The van der Waals surface area contributed by atoms with Crippen molar-refractivity contribution in [3.05, 3.63) is 24.3 Å². The van der Waals surface area contributed by atoms with Gasteiger partial charge in [0.15, 0.2) is 0 Å². The van der Waals surface area contributed by atoms with E-state index in [1.165, 1.54) is 0 Å². The van der Waals surface area contributed by atoms with E-state index in [-0.39, 0.29) is 26.2 Å². The van der Waals surface area contributed by atoms with Gasteiger partial charge in [0.25, 0.3) is 0 Å². The molecule has 0 saturated heterocycles. The molecule has 0 bridgehead atoms. The number of carbonyl (C=O) groups excluding carboxylic acids is 4. The average molecular weight is 435 g/mol. The summed E-state index contributed by atoms with van der Waals surface area (Å²) in [5.41, 5.74) is 0. The summed E-state index contributed by atoms with van der Waals surface area (Å²) in [6.07, 6.45) is 1.61. The molecule has 0 amide bonds. The molecule has 12 nitrogen and oxygen atoms in total. The minimum absolute atomic E-state index is 0. The summed E-state index contributed by atoms with van der Waals surface area (Å²) in [6.45, 7) is 0. The van der Waals surface area contributed by atoms with E-state index in [0.717, 1.165) is 23.8 Å². The molecule has 0 aliphatic rings. The Kier molecular flexibility index (Phi) is 38.1. The van der Waals surface area contributed by atoms with Crippen LogP contribution in [0.25, 0.3) is 0 Å². The number of rotatable bonds is 4. The zero-order valence-corrected chi connectivity index (χ0v) is 14.3. The van der Waals surface area contributed by atoms with Crippen molar-refractivity contribution in [1.29, 1.82) is 0 Å². The van der Waals surface area contributed by atoms with E-state index in [1.54, 1.807) is 0 Å². The van der Waals surface area contributed by atoms with Gasteiger partial charge in [-0.2, -0.15) is 0 Å². The van der Waals surface area contributed by atoms with E-state index in [0.29, 0.717) is 24.3 Å². The Balaban J connectivity index is -0.0000000702. The van der Waals surface area contributed by atoms with Gasteiger partial charge in [-0.25, -0.2) is 38.4 Å². The summed E-state index contributed by atoms with van der Waals surface area (Å²) in [6, 6.07) is 0. The molecule has 0 aliphatic heterocycles. The molecule has 0 atom stereocenters. The van der Waals surface area contributed by atoms with Gasteiger partial charge in [0.1, 0.15) is 48.1 Å². The minimum Gasteiger partial charge on any atom is -0.478 e. The molecule has 0 aromatic rings. The first-order valence-corrected chi connectivity index (χ1v) is 4.84. The van der Waals surface area contributed by atoms with Gasteiger partial charge >= 0.3 is 23.9 Å². The second-order valence-electron chi connectivity index (χ2n) is 2.40. The molecule has 0 heterocycles. The molecule has 0 aromatic heterocycles. The van der Waals surface area contributed by atoms with Crippen LogP contribution in [-0.4, -0.2) is 68.1 Å². The normalized spacial score (nSPS) is 5.76. The fourth-order valence-electron chi connectivity index (χ4n) is 0.202. The van der Waals surface area contributed by atoms with Gasteiger partial charge in [0.2, 0.25) is 0 Å². The zero-order chi connectivity index (χ0) is 20.0. The Morgan fingerprint density at radius 1 is 0.480 bits per heavy atom. The molecule has 0 aliphatic carbocycles. The first-order valence-electron chi connectivity index (χ1n) is 4.84. The van der Waals surface area contributed by atoms with Crippen LogP contribution in [0.2, 0.25) is 0 Å². The second-order valence-corrected chi connectivity index (χ2v) is 2.40. The van der Waals surface area contributed by atoms with E-state index >= 15 is 0 Å². The van der Waals surface area contributed by atoms with Crippen molar-refractivity contribution >= 4 is 47.6 Å². The molecule has 132 valence electrons. The SMILES string of the molecule is O=C=CC(=O)O.O=C=CC(=O)O.O=C=CC(=O)O.O=C=CC(=O)O.[Zr]. The first kappa shape index (κ1) is 33.2. The quantitative estimate of drug-likeness (QED) is 0.274. The maximum absolute atomic E-state index is 9.28. The second kappa shape index (κ2) is 28.7. The van der Waals surface area contributed by atoms with Crippen molar-refractivity contribution in [2.75, 3.05) is 0 Å². The van der Waals surface area contributed by atoms with Crippen LogP contribution in [0.5, 0.6) is 0 Å². The smallest absolute Gasteiger partial charge is 0.339 e. The fraction of sp³-hybridized carbons (Fsp3) is 0. The monoisotopic (exact) mass is 434 g/mol. The van der Waals surface area contributed by atoms with E-state index in [4.69, 9.17) is 39.6 Å². The van der Waals surface area contributed by atoms with E-state index in [1.807, 2.05) is 0 Å². The van der Waals surface area contributed by atoms with Crippen molar-refractivity contribution in [2.24, 2.45) is 0 Å². The zero-order valence-electron chi connectivity index (χ0n) is 11.9. The van der Waals surface area contributed by atoms with Gasteiger partial charge in [-0.3, -0.25) is 0 Å². The average Bonchev–Trinajstić information content (AvgIpc) is 2.39. The van der Waals surface area contributed by atoms with Crippen molar-refractivity contribution in [1.82, 2.24) is 0 Å². The predicted molar refractivity (Wildman–Crippen MR) is 71.6 cm³/mol. The van der Waals surface area contributed by atoms with Crippen LogP contribution in [0.3, 0.4) is 0 Å². The van der Waals surface area contributed by atoms with Crippen LogP contribution in [0.4, 0.5) is 0 Å². The van der Waals surface area contributed by atoms with Crippen LogP contribution in [0.15, 0.2) is 24.3 Å². The Bertz CT molecular complexity index is 512. The third-order valence-corrected chi connectivity index (χ3v) is 0.730. The Labute approximate surface area is 157 Å². The molecule has 25 heavy (non-hydrogen) atoms. The van der Waals surface area contributed by atoms with Crippen LogP contribution < -0.4 is 0 Å². The number of carboxylic acid groups (broad SMARTS) is 4. The summed E-state index contributed by atoms with van der Waals surface area (Å²) in [4.78, 5) is 73.3. The molecule has 0 unspecified atom stereocenters.